The number of ether oxygens (including phenoxy) is 1. The van der Waals surface area contributed by atoms with Gasteiger partial charge in [-0.15, -0.1) is 0 Å². The maximum atomic E-state index is 11.2. The molecule has 1 unspecified atom stereocenters. The van der Waals surface area contributed by atoms with Crippen LogP contribution in [0.25, 0.3) is 0 Å². The highest BCUT2D eigenvalue weighted by atomic mass is 16.5. The summed E-state index contributed by atoms with van der Waals surface area (Å²) in [5.41, 5.74) is 0. The summed E-state index contributed by atoms with van der Waals surface area (Å²) in [5, 5.41) is 10.9. The second-order valence-corrected chi connectivity index (χ2v) is 3.19. The summed E-state index contributed by atoms with van der Waals surface area (Å²) in [5.74, 6) is -2.81. The first kappa shape index (κ1) is 14.4. The second-order valence-electron chi connectivity index (χ2n) is 3.19. The number of nitrogens with one attached hydrogen (secondary N) is 1. The Labute approximate surface area is 94.0 Å². The van der Waals surface area contributed by atoms with Crippen LogP contribution in [0.5, 0.6) is 0 Å². The Morgan fingerprint density at radius 1 is 1.31 bits per heavy atom. The van der Waals surface area contributed by atoms with Gasteiger partial charge in [-0.25, -0.2) is 9.59 Å². The molecule has 0 fully saturated rings. The highest BCUT2D eigenvalue weighted by Gasteiger charge is 2.28. The van der Waals surface area contributed by atoms with Gasteiger partial charge in [0, 0.05) is 6.42 Å². The number of hydrogen-bond acceptors (Lipinski definition) is 4. The predicted molar refractivity (Wildman–Crippen MR) is 55.7 cm³/mol. The summed E-state index contributed by atoms with van der Waals surface area (Å²) in [7, 11) is 0. The summed E-state index contributed by atoms with van der Waals surface area (Å²) >= 11 is 0. The fraction of sp³-hybridized carbons (Fsp3) is 0.700. The molecule has 0 aromatic carbocycles. The van der Waals surface area contributed by atoms with E-state index in [-0.39, 0.29) is 13.0 Å². The predicted octanol–water partition coefficient (Wildman–Crippen LogP) is 0.309. The van der Waals surface area contributed by atoms with E-state index >= 15 is 0 Å². The molecule has 2 N–H and O–H groups in total. The van der Waals surface area contributed by atoms with Crippen LogP contribution in [0.3, 0.4) is 0 Å². The van der Waals surface area contributed by atoms with Crippen LogP contribution in [-0.4, -0.2) is 35.6 Å². The number of amides is 1. The van der Waals surface area contributed by atoms with Crippen LogP contribution in [0, 0.1) is 0 Å². The van der Waals surface area contributed by atoms with Crippen molar-refractivity contribution < 1.29 is 24.2 Å². The van der Waals surface area contributed by atoms with Crippen molar-refractivity contribution in [2.75, 3.05) is 6.61 Å². The lowest BCUT2D eigenvalue weighted by molar-refractivity contribution is -0.156. The van der Waals surface area contributed by atoms with E-state index in [2.05, 4.69) is 10.1 Å². The molecule has 6 heteroatoms. The van der Waals surface area contributed by atoms with Crippen molar-refractivity contribution in [3.05, 3.63) is 0 Å². The average Bonchev–Trinajstić information content (AvgIpc) is 2.22. The van der Waals surface area contributed by atoms with Crippen LogP contribution in [0.2, 0.25) is 0 Å². The van der Waals surface area contributed by atoms with Crippen molar-refractivity contribution in [3.8, 4) is 0 Å². The van der Waals surface area contributed by atoms with Crippen molar-refractivity contribution in [1.82, 2.24) is 5.32 Å². The Bertz CT molecular complexity index is 264. The van der Waals surface area contributed by atoms with Gasteiger partial charge in [0.15, 0.2) is 0 Å². The smallest absolute Gasteiger partial charge is 0.340 e. The van der Waals surface area contributed by atoms with Crippen LogP contribution in [-0.2, 0) is 19.1 Å². The number of carboxylic acid groups (broad SMARTS) is 1. The first-order valence-corrected chi connectivity index (χ1v) is 5.21. The Morgan fingerprint density at radius 3 is 2.38 bits per heavy atom. The molecule has 0 saturated carbocycles. The molecule has 0 aliphatic rings. The highest BCUT2D eigenvalue weighted by molar-refractivity contribution is 6.01. The van der Waals surface area contributed by atoms with Gasteiger partial charge in [-0.05, 0) is 13.3 Å². The fourth-order valence-electron chi connectivity index (χ4n) is 1.02. The van der Waals surface area contributed by atoms with Gasteiger partial charge in [0.2, 0.25) is 11.9 Å². The number of carboxylic acids is 1. The molecule has 0 rings (SSSR count). The molecule has 0 aromatic heterocycles. The zero-order valence-corrected chi connectivity index (χ0v) is 9.49. The van der Waals surface area contributed by atoms with Crippen LogP contribution >= 0.6 is 0 Å². The Kier molecular flexibility index (Phi) is 6.91. The third kappa shape index (κ3) is 5.33. The number of carbonyl (C=O) groups is 3. The van der Waals surface area contributed by atoms with E-state index in [0.717, 1.165) is 6.42 Å². The van der Waals surface area contributed by atoms with E-state index in [1.54, 1.807) is 6.92 Å². The molecule has 6 nitrogen and oxygen atoms in total. The van der Waals surface area contributed by atoms with Crippen molar-refractivity contribution in [2.24, 2.45) is 0 Å². The van der Waals surface area contributed by atoms with Crippen LogP contribution < -0.4 is 5.32 Å². The minimum Gasteiger partial charge on any atom is -0.479 e. The van der Waals surface area contributed by atoms with E-state index in [1.807, 2.05) is 6.92 Å². The lowest BCUT2D eigenvalue weighted by Crippen LogP contribution is -2.47. The van der Waals surface area contributed by atoms with E-state index in [9.17, 15) is 14.4 Å². The van der Waals surface area contributed by atoms with Gasteiger partial charge in [0.25, 0.3) is 0 Å². The molecule has 0 heterocycles. The number of carbonyl (C=O) groups excluding carboxylic acids is 2. The zero-order valence-electron chi connectivity index (χ0n) is 9.49. The van der Waals surface area contributed by atoms with E-state index < -0.39 is 23.9 Å². The largest absolute Gasteiger partial charge is 0.479 e. The van der Waals surface area contributed by atoms with Crippen LogP contribution in [0.4, 0.5) is 0 Å². The number of unbranched alkanes of at least 4 members (excludes halogenated alkanes) is 1. The quantitative estimate of drug-likeness (QED) is 0.486. The van der Waals surface area contributed by atoms with Gasteiger partial charge < -0.3 is 15.2 Å². The third-order valence-corrected chi connectivity index (χ3v) is 1.83. The molecule has 0 spiro atoms. The molecular weight excluding hydrogens is 214 g/mol. The van der Waals surface area contributed by atoms with Gasteiger partial charge >= 0.3 is 11.9 Å². The lowest BCUT2D eigenvalue weighted by atomic mass is 10.2. The maximum Gasteiger partial charge on any atom is 0.340 e. The Balaban J connectivity index is 4.28. The minimum atomic E-state index is -1.61. The highest BCUT2D eigenvalue weighted by Crippen LogP contribution is 1.96. The molecule has 1 amide bonds. The molecule has 16 heavy (non-hydrogen) atoms. The monoisotopic (exact) mass is 231 g/mol. The second kappa shape index (κ2) is 7.67. The molecule has 0 aliphatic carbocycles. The number of rotatable bonds is 7. The van der Waals surface area contributed by atoms with Gasteiger partial charge in [-0.1, -0.05) is 13.3 Å². The zero-order chi connectivity index (χ0) is 12.6. The first-order chi connectivity index (χ1) is 7.52. The topological polar surface area (TPSA) is 92.7 Å². The van der Waals surface area contributed by atoms with Crippen LogP contribution in [0.15, 0.2) is 0 Å². The molecule has 0 aliphatic heterocycles. The summed E-state index contributed by atoms with van der Waals surface area (Å²) in [6.07, 6.45) is 1.69. The molecule has 0 radical (unpaired) electrons. The van der Waals surface area contributed by atoms with E-state index in [0.29, 0.717) is 6.42 Å². The number of aliphatic carboxylic acids is 1. The van der Waals surface area contributed by atoms with Crippen molar-refractivity contribution in [1.29, 1.82) is 0 Å². The Hall–Kier alpha value is -1.59. The molecule has 1 atom stereocenters. The molecule has 0 bridgehead atoms. The summed E-state index contributed by atoms with van der Waals surface area (Å²) in [4.78, 5) is 33.1. The van der Waals surface area contributed by atoms with Crippen molar-refractivity contribution in [3.63, 3.8) is 0 Å². The number of esters is 1. The summed E-state index contributed by atoms with van der Waals surface area (Å²) in [6, 6.07) is -1.61. The normalized spacial score (nSPS) is 11.6. The third-order valence-electron chi connectivity index (χ3n) is 1.83. The standard InChI is InChI=1S/C10H17NO5/c1-3-5-6-7(12)11-8(9(13)14)10(15)16-4-2/h8H,3-6H2,1-2H3,(H,11,12)(H,13,14). The lowest BCUT2D eigenvalue weighted by Gasteiger charge is -2.12. The molecule has 0 saturated heterocycles. The molecule has 92 valence electrons. The van der Waals surface area contributed by atoms with Crippen LogP contribution in [0.1, 0.15) is 33.1 Å². The van der Waals surface area contributed by atoms with Crippen molar-refractivity contribution >= 4 is 17.8 Å². The Morgan fingerprint density at radius 2 is 1.94 bits per heavy atom. The van der Waals surface area contributed by atoms with E-state index in [1.165, 1.54) is 0 Å². The van der Waals surface area contributed by atoms with Gasteiger partial charge in [0.1, 0.15) is 0 Å². The fourth-order valence-corrected chi connectivity index (χ4v) is 1.02. The summed E-state index contributed by atoms with van der Waals surface area (Å²) < 4.78 is 4.54. The number of hydrogen-bond donors (Lipinski definition) is 2. The van der Waals surface area contributed by atoms with Gasteiger partial charge in [0.05, 0.1) is 6.61 Å². The molecule has 0 aromatic rings. The van der Waals surface area contributed by atoms with Gasteiger partial charge in [-0.3, -0.25) is 4.79 Å². The maximum absolute atomic E-state index is 11.2. The SMILES string of the molecule is CCCCC(=O)NC(C(=O)O)C(=O)OCC. The first-order valence-electron chi connectivity index (χ1n) is 5.21. The van der Waals surface area contributed by atoms with Gasteiger partial charge in [-0.2, -0.15) is 0 Å². The van der Waals surface area contributed by atoms with Crippen molar-refractivity contribution in [2.45, 2.75) is 39.2 Å². The average molecular weight is 231 g/mol. The summed E-state index contributed by atoms with van der Waals surface area (Å²) in [6.45, 7) is 3.55. The molecular formula is C10H17NO5. The minimum absolute atomic E-state index is 0.0768. The van der Waals surface area contributed by atoms with E-state index in [4.69, 9.17) is 5.11 Å².